The quantitative estimate of drug-likeness (QED) is 0.608. The molecule has 0 saturated carbocycles. The van der Waals surface area contributed by atoms with E-state index in [2.05, 4.69) is 4.98 Å². The van der Waals surface area contributed by atoms with Crippen molar-refractivity contribution in [1.29, 1.82) is 0 Å². The highest BCUT2D eigenvalue weighted by Crippen LogP contribution is 2.22. The predicted octanol–water partition coefficient (Wildman–Crippen LogP) is 4.56. The predicted molar refractivity (Wildman–Crippen MR) is 120 cm³/mol. The highest BCUT2D eigenvalue weighted by Gasteiger charge is 2.11. The van der Waals surface area contributed by atoms with Crippen molar-refractivity contribution in [3.05, 3.63) is 53.0 Å². The van der Waals surface area contributed by atoms with Crippen LogP contribution in [0.15, 0.2) is 47.5 Å². The summed E-state index contributed by atoms with van der Waals surface area (Å²) in [6.45, 7) is 7.99. The summed E-state index contributed by atoms with van der Waals surface area (Å²) in [6.07, 6.45) is 6.05. The first-order chi connectivity index (χ1) is 13.7. The van der Waals surface area contributed by atoms with Gasteiger partial charge in [0.25, 0.3) is 0 Å². The third-order valence-corrected chi connectivity index (χ3v) is 4.69. The van der Waals surface area contributed by atoms with Gasteiger partial charge in [-0.2, -0.15) is 0 Å². The lowest BCUT2D eigenvalue weighted by Gasteiger charge is -2.08. The zero-order chi connectivity index (χ0) is 20.5. The van der Waals surface area contributed by atoms with Crippen molar-refractivity contribution >= 4 is 23.9 Å². The topological polar surface area (TPSA) is 47.9 Å². The molecule has 3 rings (SSSR count). The van der Waals surface area contributed by atoms with E-state index in [9.17, 15) is 0 Å². The molecule has 3 aromatic rings. The van der Waals surface area contributed by atoms with Gasteiger partial charge in [0.2, 0.25) is 0 Å². The number of nitrogens with zero attached hydrogens (tertiary/aromatic N) is 3. The average molecular weight is 394 g/mol. The molecule has 0 saturated heterocycles. The van der Waals surface area contributed by atoms with Gasteiger partial charge in [-0.1, -0.05) is 44.2 Å². The van der Waals surface area contributed by atoms with E-state index in [-0.39, 0.29) is 0 Å². The van der Waals surface area contributed by atoms with Crippen LogP contribution >= 0.6 is 11.8 Å². The van der Waals surface area contributed by atoms with Crippen molar-refractivity contribution in [1.82, 2.24) is 15.0 Å². The van der Waals surface area contributed by atoms with E-state index in [0.717, 1.165) is 38.3 Å². The average Bonchev–Trinajstić information content (AvgIpc) is 2.79. The standard InChI is InChI=1S/C21H21N3OS.C2H6/c1-5-16-17(6-2)23-21(18-11-8-12-19(22-18)26-4)24-20(16)14-9-7-10-15(13-14)25-3;1-2/h5-13H,1-4H3;1-2H3/b16-5+,17-6+;. The molecular weight excluding hydrogens is 366 g/mol. The van der Waals surface area contributed by atoms with Crippen molar-refractivity contribution in [2.24, 2.45) is 0 Å². The zero-order valence-electron chi connectivity index (χ0n) is 17.4. The Morgan fingerprint density at radius 3 is 2.32 bits per heavy atom. The molecule has 146 valence electrons. The van der Waals surface area contributed by atoms with Crippen LogP contribution in [0.4, 0.5) is 0 Å². The molecule has 0 fully saturated rings. The first-order valence-corrected chi connectivity index (χ1v) is 10.6. The first kappa shape index (κ1) is 21.6. The summed E-state index contributed by atoms with van der Waals surface area (Å²) in [6, 6.07) is 13.8. The van der Waals surface area contributed by atoms with E-state index in [4.69, 9.17) is 14.7 Å². The Bertz CT molecular complexity index is 1050. The fourth-order valence-corrected chi connectivity index (χ4v) is 3.15. The van der Waals surface area contributed by atoms with Gasteiger partial charge >= 0.3 is 0 Å². The monoisotopic (exact) mass is 393 g/mol. The molecule has 0 radical (unpaired) electrons. The van der Waals surface area contributed by atoms with Crippen LogP contribution in [0.3, 0.4) is 0 Å². The maximum atomic E-state index is 5.38. The van der Waals surface area contributed by atoms with Gasteiger partial charge in [0.05, 0.1) is 23.2 Å². The molecule has 0 unspecified atom stereocenters. The molecule has 0 spiro atoms. The highest BCUT2D eigenvalue weighted by atomic mass is 32.2. The molecule has 4 nitrogen and oxygen atoms in total. The molecule has 2 heterocycles. The Kier molecular flexibility index (Phi) is 8.20. The van der Waals surface area contributed by atoms with Crippen molar-refractivity contribution in [2.45, 2.75) is 32.7 Å². The maximum Gasteiger partial charge on any atom is 0.179 e. The van der Waals surface area contributed by atoms with Gasteiger partial charge < -0.3 is 4.74 Å². The molecule has 5 heteroatoms. The van der Waals surface area contributed by atoms with Gasteiger partial charge in [-0.3, -0.25) is 0 Å². The van der Waals surface area contributed by atoms with E-state index in [0.29, 0.717) is 5.82 Å². The van der Waals surface area contributed by atoms with E-state index in [1.54, 1.807) is 18.9 Å². The summed E-state index contributed by atoms with van der Waals surface area (Å²) >= 11 is 1.60. The van der Waals surface area contributed by atoms with Crippen molar-refractivity contribution in [3.8, 4) is 28.5 Å². The summed E-state index contributed by atoms with van der Waals surface area (Å²) in [5, 5.41) is 2.85. The second-order valence-electron chi connectivity index (χ2n) is 5.57. The third kappa shape index (κ3) is 4.78. The van der Waals surface area contributed by atoms with Gasteiger partial charge in [0, 0.05) is 10.8 Å². The number of hydrogen-bond donors (Lipinski definition) is 0. The van der Waals surface area contributed by atoms with Crippen LogP contribution in [0.2, 0.25) is 0 Å². The molecule has 0 aliphatic carbocycles. The summed E-state index contributed by atoms with van der Waals surface area (Å²) in [5.41, 5.74) is 2.64. The Hall–Kier alpha value is -2.66. The largest absolute Gasteiger partial charge is 0.497 e. The Balaban J connectivity index is 0.00000136. The van der Waals surface area contributed by atoms with Crippen LogP contribution in [0, 0.1) is 0 Å². The fraction of sp³-hybridized carbons (Fsp3) is 0.261. The normalized spacial score (nSPS) is 11.8. The molecule has 0 aliphatic rings. The highest BCUT2D eigenvalue weighted by molar-refractivity contribution is 7.98. The minimum Gasteiger partial charge on any atom is -0.497 e. The van der Waals surface area contributed by atoms with Gasteiger partial charge in [-0.05, 0) is 44.4 Å². The van der Waals surface area contributed by atoms with E-state index in [1.165, 1.54) is 0 Å². The number of benzene rings is 1. The SMILES string of the molecule is C/C=c1/c(-c2cccc(OC)c2)nc(-c2cccc(SC)n2)n/c1=C/C.CC. The zero-order valence-corrected chi connectivity index (χ0v) is 18.2. The first-order valence-electron chi connectivity index (χ1n) is 9.36. The molecule has 28 heavy (non-hydrogen) atoms. The van der Waals surface area contributed by atoms with Crippen LogP contribution in [-0.2, 0) is 0 Å². The number of methoxy groups -OCH3 is 1. The van der Waals surface area contributed by atoms with E-state index >= 15 is 0 Å². The van der Waals surface area contributed by atoms with Crippen molar-refractivity contribution < 1.29 is 4.74 Å². The molecule has 2 aromatic heterocycles. The molecule has 0 amide bonds. The molecule has 0 bridgehead atoms. The van der Waals surface area contributed by atoms with Crippen LogP contribution in [0.1, 0.15) is 27.7 Å². The molecule has 0 aliphatic heterocycles. The lowest BCUT2D eigenvalue weighted by Crippen LogP contribution is -2.31. The molecule has 0 N–H and O–H groups in total. The summed E-state index contributed by atoms with van der Waals surface area (Å²) < 4.78 is 5.38. The Morgan fingerprint density at radius 1 is 0.929 bits per heavy atom. The fourth-order valence-electron chi connectivity index (χ4n) is 2.75. The number of thioether (sulfide) groups is 1. The molecule has 1 aromatic carbocycles. The number of aromatic nitrogens is 3. The summed E-state index contributed by atoms with van der Waals surface area (Å²) in [4.78, 5) is 14.2. The van der Waals surface area contributed by atoms with Gasteiger partial charge in [-0.25, -0.2) is 15.0 Å². The minimum atomic E-state index is 0.623. The Labute approximate surface area is 171 Å². The maximum absolute atomic E-state index is 5.38. The molecule has 0 atom stereocenters. The number of ether oxygens (including phenoxy) is 1. The number of hydrogen-bond acceptors (Lipinski definition) is 5. The minimum absolute atomic E-state index is 0.623. The van der Waals surface area contributed by atoms with Crippen LogP contribution in [-0.4, -0.2) is 28.3 Å². The lowest BCUT2D eigenvalue weighted by molar-refractivity contribution is 0.415. The molecular formula is C23H27N3OS. The van der Waals surface area contributed by atoms with Crippen molar-refractivity contribution in [2.75, 3.05) is 13.4 Å². The van der Waals surface area contributed by atoms with Crippen LogP contribution < -0.4 is 15.3 Å². The van der Waals surface area contributed by atoms with E-state index in [1.807, 2.05) is 88.6 Å². The number of pyridine rings is 1. The second-order valence-corrected chi connectivity index (χ2v) is 6.40. The lowest BCUT2D eigenvalue weighted by atomic mass is 10.1. The number of rotatable bonds is 4. The summed E-state index contributed by atoms with van der Waals surface area (Å²) in [7, 11) is 1.67. The third-order valence-electron chi connectivity index (χ3n) is 4.04. The smallest absolute Gasteiger partial charge is 0.179 e. The van der Waals surface area contributed by atoms with Gasteiger partial charge in [-0.15, -0.1) is 11.8 Å². The van der Waals surface area contributed by atoms with Gasteiger partial charge in [0.1, 0.15) is 11.4 Å². The summed E-state index contributed by atoms with van der Waals surface area (Å²) in [5.74, 6) is 1.42. The van der Waals surface area contributed by atoms with Crippen LogP contribution in [0.5, 0.6) is 5.75 Å². The van der Waals surface area contributed by atoms with E-state index < -0.39 is 0 Å². The van der Waals surface area contributed by atoms with Crippen LogP contribution in [0.25, 0.3) is 34.9 Å². The Morgan fingerprint density at radius 2 is 1.68 bits per heavy atom. The van der Waals surface area contributed by atoms with Gasteiger partial charge in [0.15, 0.2) is 5.82 Å². The van der Waals surface area contributed by atoms with Crippen molar-refractivity contribution in [3.63, 3.8) is 0 Å². The second kappa shape index (κ2) is 10.6.